The minimum absolute atomic E-state index is 0.0122. The first-order valence-corrected chi connectivity index (χ1v) is 5.68. The van der Waals surface area contributed by atoms with Gasteiger partial charge in [-0.25, -0.2) is 0 Å². The van der Waals surface area contributed by atoms with Gasteiger partial charge in [0.15, 0.2) is 0 Å². The fourth-order valence-electron chi connectivity index (χ4n) is 3.20. The van der Waals surface area contributed by atoms with Crippen molar-refractivity contribution in [2.45, 2.75) is 25.7 Å². The number of carboxylic acids is 1. The van der Waals surface area contributed by atoms with E-state index in [1.165, 1.54) is 0 Å². The molecule has 2 fully saturated rings. The molecule has 0 aromatic rings. The number of carbonyl (C=O) groups is 1. The molecule has 0 radical (unpaired) electrons. The van der Waals surface area contributed by atoms with Gasteiger partial charge >= 0.3 is 5.97 Å². The van der Waals surface area contributed by atoms with E-state index < -0.39 is 11.4 Å². The molecule has 4 nitrogen and oxygen atoms in total. The van der Waals surface area contributed by atoms with Gasteiger partial charge in [0, 0.05) is 6.54 Å². The van der Waals surface area contributed by atoms with Gasteiger partial charge in [0.05, 0.1) is 5.41 Å². The van der Waals surface area contributed by atoms with Crippen LogP contribution in [-0.4, -0.2) is 42.7 Å². The molecule has 1 aliphatic carbocycles. The van der Waals surface area contributed by atoms with E-state index in [0.29, 0.717) is 6.54 Å². The molecule has 2 atom stereocenters. The Bertz CT molecular complexity index is 282. The summed E-state index contributed by atoms with van der Waals surface area (Å²) < 4.78 is 0. The molecule has 2 aliphatic rings. The molecular formula is C11H20N2O2. The number of carboxylic acid groups (broad SMARTS) is 1. The van der Waals surface area contributed by atoms with Gasteiger partial charge in [-0.2, -0.15) is 0 Å². The van der Waals surface area contributed by atoms with E-state index in [1.807, 2.05) is 0 Å². The zero-order chi connectivity index (χ0) is 11.1. The van der Waals surface area contributed by atoms with Crippen molar-refractivity contribution >= 4 is 5.97 Å². The van der Waals surface area contributed by atoms with Gasteiger partial charge in [-0.05, 0) is 51.2 Å². The maximum atomic E-state index is 11.3. The van der Waals surface area contributed by atoms with Gasteiger partial charge in [0.25, 0.3) is 0 Å². The van der Waals surface area contributed by atoms with Gasteiger partial charge in [-0.1, -0.05) is 0 Å². The van der Waals surface area contributed by atoms with Crippen molar-refractivity contribution < 1.29 is 9.90 Å². The van der Waals surface area contributed by atoms with Crippen LogP contribution >= 0.6 is 0 Å². The molecule has 0 amide bonds. The summed E-state index contributed by atoms with van der Waals surface area (Å²) in [6.07, 6.45) is 3.92. The summed E-state index contributed by atoms with van der Waals surface area (Å²) in [5, 5.41) is 9.29. The predicted octanol–water partition coefficient (Wildman–Crippen LogP) is 0.522. The molecule has 0 aromatic heterocycles. The van der Waals surface area contributed by atoms with E-state index in [1.54, 1.807) is 0 Å². The van der Waals surface area contributed by atoms with Gasteiger partial charge in [0.2, 0.25) is 0 Å². The average Bonchev–Trinajstić information content (AvgIpc) is 2.89. The highest BCUT2D eigenvalue weighted by atomic mass is 16.4. The molecule has 15 heavy (non-hydrogen) atoms. The van der Waals surface area contributed by atoms with E-state index in [2.05, 4.69) is 11.9 Å². The number of rotatable bonds is 2. The minimum Gasteiger partial charge on any atom is -0.481 e. The van der Waals surface area contributed by atoms with E-state index in [4.69, 9.17) is 5.73 Å². The SMILES string of the molecule is CN1CCCC2(CC1)CC2(CN)C(=O)O. The topological polar surface area (TPSA) is 66.6 Å². The Labute approximate surface area is 90.4 Å². The smallest absolute Gasteiger partial charge is 0.311 e. The number of aliphatic carboxylic acids is 1. The zero-order valence-electron chi connectivity index (χ0n) is 9.33. The Morgan fingerprint density at radius 3 is 2.73 bits per heavy atom. The monoisotopic (exact) mass is 212 g/mol. The van der Waals surface area contributed by atoms with Crippen LogP contribution in [0.25, 0.3) is 0 Å². The van der Waals surface area contributed by atoms with Crippen LogP contribution < -0.4 is 5.73 Å². The highest BCUT2D eigenvalue weighted by Gasteiger charge is 2.70. The maximum Gasteiger partial charge on any atom is 0.311 e. The van der Waals surface area contributed by atoms with Gasteiger partial charge < -0.3 is 15.7 Å². The third-order valence-electron chi connectivity index (χ3n) is 4.46. The van der Waals surface area contributed by atoms with Crippen molar-refractivity contribution in [1.29, 1.82) is 0 Å². The highest BCUT2D eigenvalue weighted by Crippen LogP contribution is 2.68. The second kappa shape index (κ2) is 3.46. The van der Waals surface area contributed by atoms with Crippen LogP contribution in [0.15, 0.2) is 0 Å². The summed E-state index contributed by atoms with van der Waals surface area (Å²) in [7, 11) is 2.10. The first-order valence-electron chi connectivity index (χ1n) is 5.68. The first-order chi connectivity index (χ1) is 7.06. The highest BCUT2D eigenvalue weighted by molar-refractivity contribution is 5.80. The second-order valence-electron chi connectivity index (χ2n) is 5.21. The van der Waals surface area contributed by atoms with Crippen LogP contribution in [0.4, 0.5) is 0 Å². The molecule has 3 N–H and O–H groups in total. The van der Waals surface area contributed by atoms with Gasteiger partial charge in [0.1, 0.15) is 0 Å². The van der Waals surface area contributed by atoms with Crippen molar-refractivity contribution in [1.82, 2.24) is 4.90 Å². The van der Waals surface area contributed by atoms with Gasteiger partial charge in [-0.15, -0.1) is 0 Å². The lowest BCUT2D eigenvalue weighted by atomic mass is 9.86. The number of nitrogens with two attached hydrogens (primary N) is 1. The molecule has 2 unspecified atom stereocenters. The molecule has 1 saturated carbocycles. The lowest BCUT2D eigenvalue weighted by molar-refractivity contribution is -0.144. The quantitative estimate of drug-likeness (QED) is 0.700. The Balaban J connectivity index is 2.13. The molecule has 1 aliphatic heterocycles. The molecule has 0 bridgehead atoms. The molecule has 86 valence electrons. The lowest BCUT2D eigenvalue weighted by Crippen LogP contribution is -2.32. The Kier molecular flexibility index (Phi) is 2.51. The summed E-state index contributed by atoms with van der Waals surface area (Å²) >= 11 is 0. The molecule has 0 aromatic carbocycles. The van der Waals surface area contributed by atoms with Crippen molar-refractivity contribution in [3.05, 3.63) is 0 Å². The maximum absolute atomic E-state index is 11.3. The molecule has 1 spiro atoms. The third-order valence-corrected chi connectivity index (χ3v) is 4.46. The van der Waals surface area contributed by atoms with Crippen LogP contribution in [0, 0.1) is 10.8 Å². The van der Waals surface area contributed by atoms with Crippen LogP contribution in [0.2, 0.25) is 0 Å². The molecular weight excluding hydrogens is 192 g/mol. The third kappa shape index (κ3) is 1.47. The second-order valence-corrected chi connectivity index (χ2v) is 5.21. The van der Waals surface area contributed by atoms with Crippen LogP contribution in [0.3, 0.4) is 0 Å². The zero-order valence-corrected chi connectivity index (χ0v) is 9.33. The van der Waals surface area contributed by atoms with Crippen molar-refractivity contribution in [2.24, 2.45) is 16.6 Å². The fraction of sp³-hybridized carbons (Fsp3) is 0.909. The van der Waals surface area contributed by atoms with E-state index >= 15 is 0 Å². The number of hydrogen-bond acceptors (Lipinski definition) is 3. The minimum atomic E-state index is -0.686. The summed E-state index contributed by atoms with van der Waals surface area (Å²) in [6, 6.07) is 0. The lowest BCUT2D eigenvalue weighted by Gasteiger charge is -2.20. The number of likely N-dealkylation sites (tertiary alicyclic amines) is 1. The Morgan fingerprint density at radius 1 is 1.47 bits per heavy atom. The predicted molar refractivity (Wildman–Crippen MR) is 57.5 cm³/mol. The van der Waals surface area contributed by atoms with Crippen molar-refractivity contribution in [2.75, 3.05) is 26.7 Å². The van der Waals surface area contributed by atoms with E-state index in [-0.39, 0.29) is 5.41 Å². The Morgan fingerprint density at radius 2 is 2.20 bits per heavy atom. The van der Waals surface area contributed by atoms with Crippen molar-refractivity contribution in [3.8, 4) is 0 Å². The molecule has 2 rings (SSSR count). The average molecular weight is 212 g/mol. The number of hydrogen-bond donors (Lipinski definition) is 2. The largest absolute Gasteiger partial charge is 0.481 e. The van der Waals surface area contributed by atoms with Crippen LogP contribution in [-0.2, 0) is 4.79 Å². The Hall–Kier alpha value is -0.610. The number of nitrogens with zero attached hydrogens (tertiary/aromatic N) is 1. The normalized spacial score (nSPS) is 41.5. The molecule has 4 heteroatoms. The summed E-state index contributed by atoms with van der Waals surface area (Å²) in [5.74, 6) is -0.686. The van der Waals surface area contributed by atoms with Crippen LogP contribution in [0.5, 0.6) is 0 Å². The molecule has 1 heterocycles. The summed E-state index contributed by atoms with van der Waals surface area (Å²) in [4.78, 5) is 13.6. The summed E-state index contributed by atoms with van der Waals surface area (Å²) in [6.45, 7) is 2.39. The van der Waals surface area contributed by atoms with Gasteiger partial charge in [-0.3, -0.25) is 4.79 Å². The standard InChI is InChI=1S/C11H20N2O2/c1-13-5-2-3-10(4-6-13)7-11(10,8-12)9(14)15/h2-8,12H2,1H3,(H,14,15). The molecule has 1 saturated heterocycles. The van der Waals surface area contributed by atoms with Crippen molar-refractivity contribution in [3.63, 3.8) is 0 Å². The summed E-state index contributed by atoms with van der Waals surface area (Å²) in [5.41, 5.74) is 5.08. The first kappa shape index (κ1) is 10.9. The van der Waals surface area contributed by atoms with E-state index in [0.717, 1.165) is 38.8 Å². The van der Waals surface area contributed by atoms with Crippen LogP contribution in [0.1, 0.15) is 25.7 Å². The fourth-order valence-corrected chi connectivity index (χ4v) is 3.20. The van der Waals surface area contributed by atoms with E-state index in [9.17, 15) is 9.90 Å².